The Bertz CT molecular complexity index is 628. The molecule has 2 saturated heterocycles. The molecule has 4 atom stereocenters. The number of ether oxygens (including phenoxy) is 2. The molecule has 1 N–H and O–H groups in total. The highest BCUT2D eigenvalue weighted by atomic mass is 16.5. The number of hydrogen-bond acceptors (Lipinski definition) is 5. The second kappa shape index (κ2) is 9.04. The first-order valence-corrected chi connectivity index (χ1v) is 9.90. The summed E-state index contributed by atoms with van der Waals surface area (Å²) in [6, 6.07) is 7.72. The fourth-order valence-electron chi connectivity index (χ4n) is 4.26. The molecule has 6 heteroatoms. The van der Waals surface area contributed by atoms with E-state index in [1.165, 1.54) is 0 Å². The minimum Gasteiger partial charge on any atom is -0.484 e. The summed E-state index contributed by atoms with van der Waals surface area (Å²) in [6.07, 6.45) is 0.450. The van der Waals surface area contributed by atoms with Gasteiger partial charge in [-0.2, -0.15) is 0 Å². The van der Waals surface area contributed by atoms with E-state index in [1.807, 2.05) is 36.1 Å². The number of benzene rings is 1. The second-order valence-corrected chi connectivity index (χ2v) is 8.08. The molecule has 0 radical (unpaired) electrons. The van der Waals surface area contributed by atoms with Crippen LogP contribution in [0.25, 0.3) is 0 Å². The minimum absolute atomic E-state index is 0.0128. The third-order valence-corrected chi connectivity index (χ3v) is 5.50. The molecule has 1 amide bonds. The predicted octanol–water partition coefficient (Wildman–Crippen LogP) is 1.55. The zero-order valence-electron chi connectivity index (χ0n) is 16.6. The van der Waals surface area contributed by atoms with Crippen molar-refractivity contribution in [3.05, 3.63) is 29.8 Å². The summed E-state index contributed by atoms with van der Waals surface area (Å²) in [5, 5.41) is 9.80. The van der Waals surface area contributed by atoms with Crippen LogP contribution in [0.4, 0.5) is 0 Å². The molecule has 0 aromatic heterocycles. The fourth-order valence-corrected chi connectivity index (χ4v) is 4.26. The summed E-state index contributed by atoms with van der Waals surface area (Å²) in [6.45, 7) is 10.3. The number of carbonyl (C=O) groups excluding carboxylic acids is 1. The molecule has 0 unspecified atom stereocenters. The van der Waals surface area contributed by atoms with Gasteiger partial charge in [-0.25, -0.2) is 0 Å². The Labute approximate surface area is 162 Å². The third kappa shape index (κ3) is 5.43. The number of hydrogen-bond donors (Lipinski definition) is 1. The molecular formula is C21H32N2O4. The average Bonchev–Trinajstić information content (AvgIpc) is 3.02. The Morgan fingerprint density at radius 1 is 1.19 bits per heavy atom. The first kappa shape index (κ1) is 20.1. The molecule has 0 aliphatic carbocycles. The van der Waals surface area contributed by atoms with Gasteiger partial charge in [-0.1, -0.05) is 12.1 Å². The van der Waals surface area contributed by atoms with Gasteiger partial charge in [0.15, 0.2) is 6.61 Å². The van der Waals surface area contributed by atoms with Gasteiger partial charge in [0, 0.05) is 45.2 Å². The molecule has 150 valence electrons. The van der Waals surface area contributed by atoms with E-state index in [1.54, 1.807) is 0 Å². The third-order valence-electron chi connectivity index (χ3n) is 5.50. The Hall–Kier alpha value is -1.63. The van der Waals surface area contributed by atoms with Gasteiger partial charge in [0.1, 0.15) is 5.75 Å². The van der Waals surface area contributed by atoms with Crippen molar-refractivity contribution in [3.63, 3.8) is 0 Å². The molecule has 2 aliphatic rings. The van der Waals surface area contributed by atoms with Crippen molar-refractivity contribution in [2.45, 2.75) is 33.0 Å². The average molecular weight is 376 g/mol. The van der Waals surface area contributed by atoms with Gasteiger partial charge >= 0.3 is 0 Å². The number of likely N-dealkylation sites (tertiary alicyclic amines) is 1. The van der Waals surface area contributed by atoms with Gasteiger partial charge in [-0.05, 0) is 44.4 Å². The maximum atomic E-state index is 12.6. The lowest BCUT2D eigenvalue weighted by Gasteiger charge is -2.37. The van der Waals surface area contributed by atoms with Crippen molar-refractivity contribution in [1.29, 1.82) is 0 Å². The largest absolute Gasteiger partial charge is 0.484 e. The zero-order valence-corrected chi connectivity index (χ0v) is 16.6. The van der Waals surface area contributed by atoms with Crippen LogP contribution in [0.2, 0.25) is 0 Å². The number of aryl methyl sites for hydroxylation is 1. The molecule has 0 bridgehead atoms. The Morgan fingerprint density at radius 3 is 2.56 bits per heavy atom. The second-order valence-electron chi connectivity index (χ2n) is 8.08. The zero-order chi connectivity index (χ0) is 19.4. The van der Waals surface area contributed by atoms with Crippen molar-refractivity contribution in [3.8, 4) is 5.75 Å². The normalized spacial score (nSPS) is 29.1. The highest BCUT2D eigenvalue weighted by Crippen LogP contribution is 2.26. The van der Waals surface area contributed by atoms with Crippen LogP contribution in [-0.2, 0) is 9.53 Å². The number of carbonyl (C=O) groups is 1. The maximum absolute atomic E-state index is 12.6. The van der Waals surface area contributed by atoms with E-state index in [0.29, 0.717) is 18.8 Å². The summed E-state index contributed by atoms with van der Waals surface area (Å²) in [4.78, 5) is 16.8. The van der Waals surface area contributed by atoms with Gasteiger partial charge < -0.3 is 19.5 Å². The molecule has 27 heavy (non-hydrogen) atoms. The molecule has 1 aromatic rings. The van der Waals surface area contributed by atoms with Crippen molar-refractivity contribution >= 4 is 5.91 Å². The number of nitrogens with zero attached hydrogens (tertiary/aromatic N) is 2. The Kier molecular flexibility index (Phi) is 6.73. The van der Waals surface area contributed by atoms with Crippen molar-refractivity contribution in [2.75, 3.05) is 45.9 Å². The lowest BCUT2D eigenvalue weighted by atomic mass is 9.96. The number of morpholine rings is 1. The monoisotopic (exact) mass is 376 g/mol. The molecule has 1 aromatic carbocycles. The van der Waals surface area contributed by atoms with E-state index in [4.69, 9.17) is 9.47 Å². The van der Waals surface area contributed by atoms with Gasteiger partial charge in [-0.15, -0.1) is 0 Å². The summed E-state index contributed by atoms with van der Waals surface area (Å²) in [7, 11) is 0. The smallest absolute Gasteiger partial charge is 0.260 e. The quantitative estimate of drug-likeness (QED) is 0.816. The van der Waals surface area contributed by atoms with Crippen molar-refractivity contribution in [2.24, 2.45) is 11.8 Å². The van der Waals surface area contributed by atoms with Gasteiger partial charge in [0.2, 0.25) is 0 Å². The van der Waals surface area contributed by atoms with Crippen molar-refractivity contribution in [1.82, 2.24) is 9.80 Å². The van der Waals surface area contributed by atoms with E-state index in [2.05, 4.69) is 18.7 Å². The van der Waals surface area contributed by atoms with Crippen LogP contribution in [0.3, 0.4) is 0 Å². The highest BCUT2D eigenvalue weighted by Gasteiger charge is 2.37. The number of rotatable bonds is 6. The number of aliphatic hydroxyl groups is 1. The van der Waals surface area contributed by atoms with E-state index in [0.717, 1.165) is 25.2 Å². The summed E-state index contributed by atoms with van der Waals surface area (Å²) >= 11 is 0. The SMILES string of the molecule is Cc1cccc(OCC(=O)N2C[C@@H](CN3C[C@@H](C)O[C@@H](C)C3)[C@@H](CO)C2)c1. The summed E-state index contributed by atoms with van der Waals surface area (Å²) in [5.74, 6) is 1.12. The minimum atomic E-state index is -0.0128. The standard InChI is InChI=1S/C21H32N2O4/c1-15-5-4-6-20(7-15)26-14-21(25)23-11-18(19(12-23)13-24)10-22-8-16(2)27-17(3)9-22/h4-7,16-19,24H,8-14H2,1-3H3/t16-,17+,18-,19-/m1/s1. The topological polar surface area (TPSA) is 62.2 Å². The molecule has 0 saturated carbocycles. The van der Waals surface area contributed by atoms with Crippen molar-refractivity contribution < 1.29 is 19.4 Å². The predicted molar refractivity (Wildman–Crippen MR) is 104 cm³/mol. The molecule has 3 rings (SSSR count). The molecular weight excluding hydrogens is 344 g/mol. The van der Waals surface area contributed by atoms with E-state index in [-0.39, 0.29) is 43.2 Å². The Morgan fingerprint density at radius 2 is 1.89 bits per heavy atom. The molecule has 6 nitrogen and oxygen atoms in total. The van der Waals surface area contributed by atoms with Crippen LogP contribution >= 0.6 is 0 Å². The van der Waals surface area contributed by atoms with Crippen LogP contribution in [0.15, 0.2) is 24.3 Å². The Balaban J connectivity index is 1.52. The fraction of sp³-hybridized carbons (Fsp3) is 0.667. The van der Waals surface area contributed by atoms with Gasteiger partial charge in [-0.3, -0.25) is 9.69 Å². The maximum Gasteiger partial charge on any atom is 0.260 e. The first-order valence-electron chi connectivity index (χ1n) is 9.90. The number of amides is 1. The van der Waals surface area contributed by atoms with Gasteiger partial charge in [0.25, 0.3) is 5.91 Å². The first-order chi connectivity index (χ1) is 12.9. The molecule has 2 fully saturated rings. The molecule has 0 spiro atoms. The lowest BCUT2D eigenvalue weighted by Crippen LogP contribution is -2.48. The number of aliphatic hydroxyl groups excluding tert-OH is 1. The van der Waals surface area contributed by atoms with E-state index >= 15 is 0 Å². The van der Waals surface area contributed by atoms with Crippen LogP contribution in [-0.4, -0.2) is 79.0 Å². The van der Waals surface area contributed by atoms with Crippen LogP contribution in [0, 0.1) is 18.8 Å². The lowest BCUT2D eigenvalue weighted by molar-refractivity contribution is -0.132. The van der Waals surface area contributed by atoms with E-state index < -0.39 is 0 Å². The highest BCUT2D eigenvalue weighted by molar-refractivity contribution is 5.78. The van der Waals surface area contributed by atoms with Gasteiger partial charge in [0.05, 0.1) is 12.2 Å². The van der Waals surface area contributed by atoms with Crippen LogP contribution in [0.1, 0.15) is 19.4 Å². The summed E-state index contributed by atoms with van der Waals surface area (Å²) < 4.78 is 11.5. The van der Waals surface area contributed by atoms with Crippen LogP contribution in [0.5, 0.6) is 5.75 Å². The van der Waals surface area contributed by atoms with Crippen LogP contribution < -0.4 is 4.74 Å². The summed E-state index contributed by atoms with van der Waals surface area (Å²) in [5.41, 5.74) is 1.11. The molecule has 2 aliphatic heterocycles. The molecule has 2 heterocycles. The van der Waals surface area contributed by atoms with E-state index in [9.17, 15) is 9.90 Å².